The summed E-state index contributed by atoms with van der Waals surface area (Å²) in [7, 11) is 0. The fraction of sp³-hybridized carbons (Fsp3) is 0.250. The second-order valence-electron chi connectivity index (χ2n) is 6.44. The van der Waals surface area contributed by atoms with Crippen LogP contribution in [0.2, 0.25) is 10.0 Å². The average molecular weight is 419 g/mol. The maximum absolute atomic E-state index is 12.6. The normalized spacial score (nSPS) is 10.9. The SMILES string of the molecule is Cc1nc2c(C)cccn2c1C(=O)NCCCC(=O)Nc1cccc(Cl)c1Cl. The number of rotatable bonds is 6. The number of amides is 2. The van der Waals surface area contributed by atoms with Crippen LogP contribution in [0.5, 0.6) is 0 Å². The van der Waals surface area contributed by atoms with Crippen LogP contribution in [0.25, 0.3) is 5.65 Å². The molecule has 146 valence electrons. The molecular weight excluding hydrogens is 399 g/mol. The molecular formula is C20H20Cl2N4O2. The highest BCUT2D eigenvalue weighted by atomic mass is 35.5. The molecule has 0 radical (unpaired) electrons. The fourth-order valence-electron chi connectivity index (χ4n) is 2.94. The molecule has 2 N–H and O–H groups in total. The Balaban J connectivity index is 1.54. The maximum atomic E-state index is 12.6. The van der Waals surface area contributed by atoms with E-state index in [-0.39, 0.29) is 18.2 Å². The molecule has 0 saturated carbocycles. The minimum Gasteiger partial charge on any atom is -0.351 e. The number of anilines is 1. The van der Waals surface area contributed by atoms with Crippen LogP contribution in [-0.4, -0.2) is 27.7 Å². The number of carbonyl (C=O) groups is 2. The Morgan fingerprint density at radius 1 is 1.14 bits per heavy atom. The van der Waals surface area contributed by atoms with Gasteiger partial charge in [-0.15, -0.1) is 0 Å². The zero-order valence-electron chi connectivity index (χ0n) is 15.6. The van der Waals surface area contributed by atoms with Crippen LogP contribution in [0.15, 0.2) is 36.5 Å². The van der Waals surface area contributed by atoms with Gasteiger partial charge in [0.25, 0.3) is 5.91 Å². The lowest BCUT2D eigenvalue weighted by atomic mass is 10.2. The van der Waals surface area contributed by atoms with Gasteiger partial charge >= 0.3 is 0 Å². The van der Waals surface area contributed by atoms with Gasteiger partial charge in [-0.05, 0) is 44.0 Å². The van der Waals surface area contributed by atoms with Gasteiger partial charge < -0.3 is 10.6 Å². The number of fused-ring (bicyclic) bond motifs is 1. The van der Waals surface area contributed by atoms with Crippen molar-refractivity contribution in [1.29, 1.82) is 0 Å². The lowest BCUT2D eigenvalue weighted by Gasteiger charge is -2.09. The lowest BCUT2D eigenvalue weighted by molar-refractivity contribution is -0.116. The van der Waals surface area contributed by atoms with Crippen LogP contribution >= 0.6 is 23.2 Å². The van der Waals surface area contributed by atoms with E-state index in [1.807, 2.05) is 32.2 Å². The van der Waals surface area contributed by atoms with E-state index in [0.717, 1.165) is 11.2 Å². The topological polar surface area (TPSA) is 75.5 Å². The number of hydrogen-bond donors (Lipinski definition) is 2. The van der Waals surface area contributed by atoms with E-state index in [1.54, 1.807) is 22.6 Å². The highest BCUT2D eigenvalue weighted by Crippen LogP contribution is 2.29. The van der Waals surface area contributed by atoms with E-state index >= 15 is 0 Å². The molecule has 0 aliphatic rings. The standard InChI is InChI=1S/C20H20Cl2N4O2/c1-12-6-5-11-26-18(13(2)24-19(12)26)20(28)23-10-4-9-16(27)25-15-8-3-7-14(21)17(15)22/h3,5-8,11H,4,9-10H2,1-2H3,(H,23,28)(H,25,27). The predicted octanol–water partition coefficient (Wildman–Crippen LogP) is 4.41. The van der Waals surface area contributed by atoms with Gasteiger partial charge in [-0.1, -0.05) is 35.3 Å². The van der Waals surface area contributed by atoms with Gasteiger partial charge in [-0.2, -0.15) is 0 Å². The summed E-state index contributed by atoms with van der Waals surface area (Å²) >= 11 is 12.0. The van der Waals surface area contributed by atoms with Crippen LogP contribution in [0.1, 0.15) is 34.6 Å². The van der Waals surface area contributed by atoms with Gasteiger partial charge in [0.1, 0.15) is 11.3 Å². The molecule has 2 amide bonds. The van der Waals surface area contributed by atoms with Crippen molar-refractivity contribution in [2.75, 3.05) is 11.9 Å². The number of imidazole rings is 1. The number of aryl methyl sites for hydroxylation is 2. The minimum absolute atomic E-state index is 0.194. The van der Waals surface area contributed by atoms with Crippen LogP contribution in [-0.2, 0) is 4.79 Å². The Bertz CT molecular complexity index is 1050. The largest absolute Gasteiger partial charge is 0.351 e. The van der Waals surface area contributed by atoms with Crippen molar-refractivity contribution in [3.63, 3.8) is 0 Å². The minimum atomic E-state index is -0.214. The second kappa shape index (κ2) is 8.63. The summed E-state index contributed by atoms with van der Waals surface area (Å²) in [6, 6.07) is 8.88. The summed E-state index contributed by atoms with van der Waals surface area (Å²) in [5.74, 6) is -0.408. The van der Waals surface area contributed by atoms with Crippen LogP contribution in [0, 0.1) is 13.8 Å². The Hall–Kier alpha value is -2.57. The number of benzene rings is 1. The van der Waals surface area contributed by atoms with Crippen LogP contribution in [0.4, 0.5) is 5.69 Å². The third-order valence-corrected chi connectivity index (χ3v) is 5.15. The van der Waals surface area contributed by atoms with Crippen LogP contribution < -0.4 is 10.6 Å². The Kier molecular flexibility index (Phi) is 6.21. The van der Waals surface area contributed by atoms with E-state index in [9.17, 15) is 9.59 Å². The third kappa shape index (κ3) is 4.29. The molecule has 0 unspecified atom stereocenters. The molecule has 0 fully saturated rings. The van der Waals surface area contributed by atoms with E-state index in [4.69, 9.17) is 23.2 Å². The number of hydrogen-bond acceptors (Lipinski definition) is 3. The molecule has 28 heavy (non-hydrogen) atoms. The monoisotopic (exact) mass is 418 g/mol. The van der Waals surface area contributed by atoms with Crippen molar-refractivity contribution >= 4 is 46.4 Å². The molecule has 8 heteroatoms. The first-order chi connectivity index (χ1) is 13.4. The van der Waals surface area contributed by atoms with E-state index in [1.165, 1.54) is 0 Å². The van der Waals surface area contributed by atoms with Crippen molar-refractivity contribution in [2.45, 2.75) is 26.7 Å². The summed E-state index contributed by atoms with van der Waals surface area (Å²) in [6.45, 7) is 4.13. The molecule has 6 nitrogen and oxygen atoms in total. The van der Waals surface area contributed by atoms with Gasteiger partial charge in [0, 0.05) is 19.2 Å². The number of pyridine rings is 1. The molecule has 0 atom stereocenters. The molecule has 2 heterocycles. The van der Waals surface area contributed by atoms with Gasteiger partial charge in [0.2, 0.25) is 5.91 Å². The molecule has 0 aliphatic heterocycles. The van der Waals surface area contributed by atoms with E-state index < -0.39 is 0 Å². The summed E-state index contributed by atoms with van der Waals surface area (Å²) in [6.07, 6.45) is 2.55. The molecule has 0 aliphatic carbocycles. The molecule has 0 saturated heterocycles. The zero-order chi connectivity index (χ0) is 20.3. The Labute approximate surface area is 172 Å². The summed E-state index contributed by atoms with van der Waals surface area (Å²) in [5, 5.41) is 6.26. The second-order valence-corrected chi connectivity index (χ2v) is 7.22. The van der Waals surface area contributed by atoms with Crippen molar-refractivity contribution < 1.29 is 9.59 Å². The third-order valence-electron chi connectivity index (χ3n) is 4.33. The van der Waals surface area contributed by atoms with Crippen LogP contribution in [0.3, 0.4) is 0 Å². The summed E-state index contributed by atoms with van der Waals surface area (Å²) < 4.78 is 1.79. The first-order valence-corrected chi connectivity index (χ1v) is 9.60. The number of nitrogens with one attached hydrogen (secondary N) is 2. The lowest BCUT2D eigenvalue weighted by Crippen LogP contribution is -2.27. The highest BCUT2D eigenvalue weighted by molar-refractivity contribution is 6.43. The summed E-state index contributed by atoms with van der Waals surface area (Å²) in [4.78, 5) is 29.1. The Morgan fingerprint density at radius 2 is 1.93 bits per heavy atom. The first kappa shape index (κ1) is 20.2. The van der Waals surface area contributed by atoms with Crippen molar-refractivity contribution in [1.82, 2.24) is 14.7 Å². The number of nitrogens with zero attached hydrogens (tertiary/aromatic N) is 2. The van der Waals surface area contributed by atoms with Crippen molar-refractivity contribution in [3.8, 4) is 0 Å². The molecule has 2 aromatic heterocycles. The first-order valence-electron chi connectivity index (χ1n) is 8.85. The number of carbonyl (C=O) groups excluding carboxylic acids is 2. The molecule has 0 bridgehead atoms. The highest BCUT2D eigenvalue weighted by Gasteiger charge is 2.17. The molecule has 0 spiro atoms. The molecule has 3 aromatic rings. The van der Waals surface area contributed by atoms with E-state index in [2.05, 4.69) is 15.6 Å². The van der Waals surface area contributed by atoms with E-state index in [0.29, 0.717) is 40.1 Å². The summed E-state index contributed by atoms with van der Waals surface area (Å²) in [5.41, 5.74) is 3.41. The van der Waals surface area contributed by atoms with Gasteiger partial charge in [0.05, 0.1) is 21.4 Å². The van der Waals surface area contributed by atoms with Gasteiger partial charge in [-0.25, -0.2) is 4.98 Å². The maximum Gasteiger partial charge on any atom is 0.270 e. The van der Waals surface area contributed by atoms with Gasteiger partial charge in [0.15, 0.2) is 0 Å². The van der Waals surface area contributed by atoms with Gasteiger partial charge in [-0.3, -0.25) is 14.0 Å². The quantitative estimate of drug-likeness (QED) is 0.582. The fourth-order valence-corrected chi connectivity index (χ4v) is 3.29. The number of aromatic nitrogens is 2. The van der Waals surface area contributed by atoms with Crippen molar-refractivity contribution in [2.24, 2.45) is 0 Å². The molecule has 3 rings (SSSR count). The van der Waals surface area contributed by atoms with Crippen molar-refractivity contribution in [3.05, 3.63) is 63.5 Å². The Morgan fingerprint density at radius 3 is 2.71 bits per heavy atom. The average Bonchev–Trinajstić information content (AvgIpc) is 3.00. The number of halogens is 2. The molecule has 1 aromatic carbocycles. The smallest absolute Gasteiger partial charge is 0.270 e. The predicted molar refractivity (Wildman–Crippen MR) is 111 cm³/mol. The zero-order valence-corrected chi connectivity index (χ0v) is 17.1.